The van der Waals surface area contributed by atoms with Crippen LogP contribution in [0.15, 0.2) is 12.2 Å². The lowest BCUT2D eigenvalue weighted by Crippen LogP contribution is -2.42. The number of carbonyl (C=O) groups excluding carboxylic acids is 1. The van der Waals surface area contributed by atoms with E-state index in [1.54, 1.807) is 14.0 Å². The number of hydrogen-bond acceptors (Lipinski definition) is 3. The molecule has 3 fully saturated rings. The second-order valence-corrected chi connectivity index (χ2v) is 6.09. The van der Waals surface area contributed by atoms with Crippen molar-refractivity contribution >= 4 is 5.97 Å². The van der Waals surface area contributed by atoms with E-state index >= 15 is 0 Å². The number of hydrogen-bond donors (Lipinski definition) is 0. The van der Waals surface area contributed by atoms with Gasteiger partial charge in [0.15, 0.2) is 0 Å². The van der Waals surface area contributed by atoms with Crippen LogP contribution in [0.3, 0.4) is 0 Å². The SMILES string of the molecule is C=C(C)C(=O)OC12CC1C1CCC2(COC)C1. The maximum absolute atomic E-state index is 11.8. The van der Waals surface area contributed by atoms with Gasteiger partial charge in [0.25, 0.3) is 0 Å². The summed E-state index contributed by atoms with van der Waals surface area (Å²) in [6.45, 7) is 6.11. The molecule has 94 valence electrons. The zero-order valence-corrected chi connectivity index (χ0v) is 10.6. The van der Waals surface area contributed by atoms with E-state index in [-0.39, 0.29) is 17.0 Å². The molecule has 0 aliphatic heterocycles. The molecule has 3 aliphatic carbocycles. The largest absolute Gasteiger partial charge is 0.455 e. The van der Waals surface area contributed by atoms with Crippen molar-refractivity contribution < 1.29 is 14.3 Å². The third-order valence-electron chi connectivity index (χ3n) is 5.12. The monoisotopic (exact) mass is 236 g/mol. The summed E-state index contributed by atoms with van der Waals surface area (Å²) in [5.41, 5.74) is 0.393. The fourth-order valence-electron chi connectivity index (χ4n) is 4.33. The van der Waals surface area contributed by atoms with Crippen LogP contribution in [-0.2, 0) is 14.3 Å². The van der Waals surface area contributed by atoms with Gasteiger partial charge in [-0.15, -0.1) is 0 Å². The Morgan fingerprint density at radius 1 is 1.47 bits per heavy atom. The molecule has 0 aromatic rings. The molecule has 3 rings (SSSR count). The van der Waals surface area contributed by atoms with Crippen LogP contribution in [0.1, 0.15) is 32.6 Å². The van der Waals surface area contributed by atoms with Crippen molar-refractivity contribution in [1.29, 1.82) is 0 Å². The molecule has 4 unspecified atom stereocenters. The van der Waals surface area contributed by atoms with Crippen LogP contribution in [-0.4, -0.2) is 25.3 Å². The van der Waals surface area contributed by atoms with Crippen LogP contribution in [0, 0.1) is 17.3 Å². The molecule has 0 aromatic heterocycles. The summed E-state index contributed by atoms with van der Waals surface area (Å²) in [6.07, 6.45) is 4.64. The standard InChI is InChI=1S/C14H20O3/c1-9(2)12(15)17-14-7-11(14)10-4-5-13(14,6-10)8-16-3/h10-11H,1,4-8H2,2-3H3. The molecule has 3 heteroatoms. The second kappa shape index (κ2) is 3.35. The van der Waals surface area contributed by atoms with Gasteiger partial charge in [-0.3, -0.25) is 0 Å². The molecule has 3 nitrogen and oxygen atoms in total. The average Bonchev–Trinajstić information content (AvgIpc) is 2.79. The Labute approximate surface area is 102 Å². The van der Waals surface area contributed by atoms with E-state index in [9.17, 15) is 4.79 Å². The number of fused-ring (bicyclic) bond motifs is 5. The number of methoxy groups -OCH3 is 1. The fraction of sp³-hybridized carbons (Fsp3) is 0.786. The van der Waals surface area contributed by atoms with Gasteiger partial charge in [0.1, 0.15) is 5.60 Å². The Balaban J connectivity index is 1.84. The third-order valence-corrected chi connectivity index (χ3v) is 5.12. The highest BCUT2D eigenvalue weighted by Gasteiger charge is 2.79. The minimum atomic E-state index is -0.226. The molecule has 0 heterocycles. The van der Waals surface area contributed by atoms with Crippen molar-refractivity contribution in [2.75, 3.05) is 13.7 Å². The molecule has 0 aromatic carbocycles. The van der Waals surface area contributed by atoms with E-state index in [0.717, 1.165) is 25.4 Å². The Bertz CT molecular complexity index is 389. The van der Waals surface area contributed by atoms with Gasteiger partial charge in [-0.25, -0.2) is 4.79 Å². The van der Waals surface area contributed by atoms with Gasteiger partial charge in [0.2, 0.25) is 0 Å². The summed E-state index contributed by atoms with van der Waals surface area (Å²) in [6, 6.07) is 0. The first-order valence-electron chi connectivity index (χ1n) is 6.42. The van der Waals surface area contributed by atoms with Crippen molar-refractivity contribution in [2.45, 2.75) is 38.2 Å². The van der Waals surface area contributed by atoms with Gasteiger partial charge in [0, 0.05) is 24.0 Å². The minimum Gasteiger partial charge on any atom is -0.455 e. The number of rotatable bonds is 4. The molecule has 0 N–H and O–H groups in total. The summed E-state index contributed by atoms with van der Waals surface area (Å²) in [5.74, 6) is 1.12. The summed E-state index contributed by atoms with van der Waals surface area (Å²) >= 11 is 0. The van der Waals surface area contributed by atoms with Crippen LogP contribution < -0.4 is 0 Å². The van der Waals surface area contributed by atoms with Crippen LogP contribution in [0.5, 0.6) is 0 Å². The zero-order valence-electron chi connectivity index (χ0n) is 10.6. The number of esters is 1. The summed E-state index contributed by atoms with van der Waals surface area (Å²) in [7, 11) is 1.74. The average molecular weight is 236 g/mol. The summed E-state index contributed by atoms with van der Waals surface area (Å²) < 4.78 is 11.2. The van der Waals surface area contributed by atoms with Gasteiger partial charge < -0.3 is 9.47 Å². The van der Waals surface area contributed by atoms with Crippen LogP contribution in [0.2, 0.25) is 0 Å². The quantitative estimate of drug-likeness (QED) is 0.555. The van der Waals surface area contributed by atoms with E-state index in [1.807, 2.05) is 0 Å². The highest BCUT2D eigenvalue weighted by molar-refractivity contribution is 5.87. The van der Waals surface area contributed by atoms with Gasteiger partial charge in [-0.2, -0.15) is 0 Å². The van der Waals surface area contributed by atoms with E-state index in [0.29, 0.717) is 11.5 Å². The molecule has 0 spiro atoms. The lowest BCUT2D eigenvalue weighted by molar-refractivity contribution is -0.159. The lowest BCUT2D eigenvalue weighted by Gasteiger charge is -2.36. The first kappa shape index (κ1) is 11.3. The lowest BCUT2D eigenvalue weighted by atomic mass is 9.80. The first-order chi connectivity index (χ1) is 8.05. The second-order valence-electron chi connectivity index (χ2n) is 6.09. The molecule has 0 saturated heterocycles. The Morgan fingerprint density at radius 3 is 2.88 bits per heavy atom. The molecule has 0 amide bonds. The van der Waals surface area contributed by atoms with Gasteiger partial charge >= 0.3 is 5.97 Å². The summed E-state index contributed by atoms with van der Waals surface area (Å²) in [4.78, 5) is 11.8. The third kappa shape index (κ3) is 1.29. The smallest absolute Gasteiger partial charge is 0.333 e. The molecular weight excluding hydrogens is 216 g/mol. The van der Waals surface area contributed by atoms with Crippen molar-refractivity contribution in [2.24, 2.45) is 17.3 Å². The van der Waals surface area contributed by atoms with Gasteiger partial charge in [0.05, 0.1) is 6.61 Å². The topological polar surface area (TPSA) is 35.5 Å². The maximum Gasteiger partial charge on any atom is 0.333 e. The molecule has 4 atom stereocenters. The van der Waals surface area contributed by atoms with Crippen molar-refractivity contribution in [1.82, 2.24) is 0 Å². The van der Waals surface area contributed by atoms with Crippen molar-refractivity contribution in [3.05, 3.63) is 12.2 Å². The zero-order chi connectivity index (χ0) is 12.3. The van der Waals surface area contributed by atoms with Crippen LogP contribution >= 0.6 is 0 Å². The summed E-state index contributed by atoms with van der Waals surface area (Å²) in [5, 5.41) is 0. The fourth-order valence-corrected chi connectivity index (χ4v) is 4.33. The Kier molecular flexibility index (Phi) is 2.22. The molecule has 17 heavy (non-hydrogen) atoms. The minimum absolute atomic E-state index is 0.0994. The Hall–Kier alpha value is -0.830. The van der Waals surface area contributed by atoms with Gasteiger partial charge in [-0.05, 0) is 38.5 Å². The molecule has 0 radical (unpaired) electrons. The van der Waals surface area contributed by atoms with Crippen LogP contribution in [0.25, 0.3) is 0 Å². The molecular formula is C14H20O3. The normalized spacial score (nSPS) is 45.5. The van der Waals surface area contributed by atoms with E-state index in [4.69, 9.17) is 9.47 Å². The predicted octanol–water partition coefficient (Wildman–Crippen LogP) is 2.31. The van der Waals surface area contributed by atoms with Gasteiger partial charge in [-0.1, -0.05) is 6.58 Å². The van der Waals surface area contributed by atoms with E-state index < -0.39 is 0 Å². The maximum atomic E-state index is 11.8. The van der Waals surface area contributed by atoms with Crippen LogP contribution in [0.4, 0.5) is 0 Å². The Morgan fingerprint density at radius 2 is 2.24 bits per heavy atom. The van der Waals surface area contributed by atoms with Crippen molar-refractivity contribution in [3.63, 3.8) is 0 Å². The highest BCUT2D eigenvalue weighted by Crippen LogP contribution is 2.76. The molecule has 3 saturated carbocycles. The number of carbonyl (C=O) groups is 1. The molecule has 2 bridgehead atoms. The van der Waals surface area contributed by atoms with Crippen molar-refractivity contribution in [3.8, 4) is 0 Å². The first-order valence-corrected chi connectivity index (χ1v) is 6.42. The predicted molar refractivity (Wildman–Crippen MR) is 63.4 cm³/mol. The van der Waals surface area contributed by atoms with E-state index in [1.165, 1.54) is 12.8 Å². The van der Waals surface area contributed by atoms with E-state index in [2.05, 4.69) is 6.58 Å². The molecule has 3 aliphatic rings. The highest BCUT2D eigenvalue weighted by atomic mass is 16.6. The number of ether oxygens (including phenoxy) is 2.